The largest absolute Gasteiger partial charge is 0.198 e. The molecule has 0 radical (unpaired) electrons. The zero-order valence-electron chi connectivity index (χ0n) is 68.1. The first-order valence-corrected chi connectivity index (χ1v) is 44.5. The van der Waals surface area contributed by atoms with Crippen LogP contribution in [-0.4, -0.2) is 28.6 Å². The third-order valence-electron chi connectivity index (χ3n) is 26.6. The molecule has 12 rings (SSSR count). The molecule has 0 N–H and O–H groups in total. The van der Waals surface area contributed by atoms with Crippen molar-refractivity contribution in [3.8, 4) is 68.8 Å². The van der Waals surface area contributed by atoms with E-state index in [1.165, 1.54) is 104 Å². The second-order valence-corrected chi connectivity index (χ2v) is 41.5. The number of rotatable bonds is 27. The lowest BCUT2D eigenvalue weighted by Gasteiger charge is -2.51. The molecule has 0 fully saturated rings. The lowest BCUT2D eigenvalue weighted by atomic mass is 9.51. The predicted octanol–water partition coefficient (Wildman–Crippen LogP) is 31.0. The van der Waals surface area contributed by atoms with E-state index in [0.29, 0.717) is 25.0 Å². The van der Waals surface area contributed by atoms with Crippen molar-refractivity contribution in [3.05, 3.63) is 242 Å². The molecule has 0 bridgehead atoms. The summed E-state index contributed by atoms with van der Waals surface area (Å²) in [5, 5.41) is 60.9. The minimum absolute atomic E-state index is 0.0436. The van der Waals surface area contributed by atoms with Crippen LogP contribution in [-0.2, 0) is 0 Å². The van der Waals surface area contributed by atoms with Gasteiger partial charge in [-0.25, -0.2) is 0 Å². The van der Waals surface area contributed by atoms with Crippen LogP contribution in [0.25, 0.3) is 109 Å². The molecule has 12 aromatic carbocycles. The first-order valence-electron chi connectivity index (χ1n) is 39.8. The van der Waals surface area contributed by atoms with Gasteiger partial charge in [-0.2, -0.15) is 21.0 Å². The average Bonchev–Trinajstić information content (AvgIpc) is 0.779. The summed E-state index contributed by atoms with van der Waals surface area (Å²) in [6.07, 6.45) is 7.13. The average molecular weight is 1580 g/mol. The molecule has 9 unspecified atom stereocenters. The van der Waals surface area contributed by atoms with Gasteiger partial charge in [0.05, 0.1) is 46.9 Å². The van der Waals surface area contributed by atoms with Crippen LogP contribution in [0.3, 0.4) is 0 Å². The van der Waals surface area contributed by atoms with E-state index < -0.39 is 49.1 Å². The van der Waals surface area contributed by atoms with E-state index >= 15 is 0 Å². The summed E-state index contributed by atoms with van der Waals surface area (Å²) in [6, 6.07) is 96.1. The molecule has 0 saturated heterocycles. The van der Waals surface area contributed by atoms with Crippen LogP contribution >= 0.6 is 71.5 Å². The summed E-state index contributed by atoms with van der Waals surface area (Å²) in [4.78, 5) is 0. The smallest absolute Gasteiger partial charge is 0.104 e. The van der Waals surface area contributed by atoms with Crippen LogP contribution < -0.4 is 0 Å². The monoisotopic (exact) mass is 1580 g/mol. The van der Waals surface area contributed by atoms with E-state index in [-0.39, 0.29) is 16.6 Å². The third-order valence-corrected chi connectivity index (χ3v) is 33.0. The summed E-state index contributed by atoms with van der Waals surface area (Å²) in [5.41, 5.74) is 7.44. The molecule has 9 atom stereocenters. The van der Waals surface area contributed by atoms with Gasteiger partial charge < -0.3 is 0 Å². The number of hydrogen-bond acceptors (Lipinski definition) is 10. The Morgan fingerprint density at radius 1 is 0.384 bits per heavy atom. The number of nitriles is 4. The third kappa shape index (κ3) is 15.5. The quantitative estimate of drug-likeness (QED) is 0.0366. The van der Waals surface area contributed by atoms with Crippen molar-refractivity contribution < 1.29 is 0 Å². The van der Waals surface area contributed by atoms with Crippen LogP contribution in [0.15, 0.2) is 231 Å². The van der Waals surface area contributed by atoms with Crippen molar-refractivity contribution >= 4 is 143 Å². The highest BCUT2D eigenvalue weighted by atomic mass is 32.2. The second kappa shape index (κ2) is 33.7. The van der Waals surface area contributed by atoms with Gasteiger partial charge in [0.2, 0.25) is 0 Å². The molecule has 4 nitrogen and oxygen atoms in total. The highest BCUT2D eigenvalue weighted by Gasteiger charge is 2.57. The topological polar surface area (TPSA) is 95.2 Å². The lowest BCUT2D eigenvalue weighted by Crippen LogP contribution is -2.49. The standard InChI is InChI=1S/C102H106N4S6/c1-17-58-100(13,97(9,10)64-105)88(63-104)96(7,8)61-86(70-51-53-71(54-52-70)89-77-39-25-27-41-79(77)91(80-42-28-26-40-78(80)89)74-57-48-67-34-21-22-36-73(67)59-74)102(15,20-4)112-94(108)110-66-98(11,65-106)99(12,18-2)87(62-103)95(5,6)60-85(101(14,19-3)111-93(107)109-16)69-49-55-72(56-50-69)90-81-43-29-31-45-83(81)92(84-46-32-30-44-82(84)90)76-47-33-37-68-35-23-24-38-75(68)76/h21-57,59,85-88H,17-20,58,60-61,66H2,1-16H3. The fraction of sp³-hybridized carbons (Fsp3) is 0.353. The molecule has 570 valence electrons. The molecular formula is C102H106N4S6. The molecule has 0 amide bonds. The molecule has 0 saturated carbocycles. The van der Waals surface area contributed by atoms with E-state index in [9.17, 15) is 21.0 Å². The summed E-state index contributed by atoms with van der Waals surface area (Å²) < 4.78 is 0.763. The maximum atomic E-state index is 12.0. The molecule has 112 heavy (non-hydrogen) atoms. The van der Waals surface area contributed by atoms with E-state index in [4.69, 9.17) is 24.4 Å². The minimum Gasteiger partial charge on any atom is -0.198 e. The Balaban J connectivity index is 0.871. The Kier molecular flexibility index (Phi) is 25.0. The van der Waals surface area contributed by atoms with Crippen molar-refractivity contribution in [3.63, 3.8) is 0 Å². The summed E-state index contributed by atoms with van der Waals surface area (Å²) in [7, 11) is 0. The maximum absolute atomic E-state index is 12.0. The van der Waals surface area contributed by atoms with Crippen LogP contribution in [0.2, 0.25) is 0 Å². The van der Waals surface area contributed by atoms with Crippen molar-refractivity contribution in [2.75, 3.05) is 12.0 Å². The number of nitrogens with zero attached hydrogens (tertiary/aromatic N) is 4. The Morgan fingerprint density at radius 2 is 0.759 bits per heavy atom. The van der Waals surface area contributed by atoms with Crippen LogP contribution in [0, 0.1) is 89.7 Å². The zero-order valence-corrected chi connectivity index (χ0v) is 73.0. The fourth-order valence-corrected chi connectivity index (χ4v) is 25.0. The van der Waals surface area contributed by atoms with E-state index in [1.807, 2.05) is 13.8 Å². The van der Waals surface area contributed by atoms with E-state index in [2.05, 4.69) is 351 Å². The van der Waals surface area contributed by atoms with Gasteiger partial charge in [0, 0.05) is 26.1 Å². The summed E-state index contributed by atoms with van der Waals surface area (Å²) in [5.74, 6) is -0.808. The molecule has 0 spiro atoms. The number of fused-ring (bicyclic) bond motifs is 6. The van der Waals surface area contributed by atoms with Crippen molar-refractivity contribution in [1.82, 2.24) is 0 Å². The molecular weight excluding hydrogens is 1470 g/mol. The Labute approximate surface area is 695 Å². The van der Waals surface area contributed by atoms with Gasteiger partial charge in [0.1, 0.15) is 7.06 Å². The van der Waals surface area contributed by atoms with Crippen molar-refractivity contribution in [2.45, 2.75) is 170 Å². The maximum Gasteiger partial charge on any atom is 0.104 e. The molecule has 0 aliphatic rings. The van der Waals surface area contributed by atoms with Crippen molar-refractivity contribution in [2.24, 2.45) is 44.3 Å². The van der Waals surface area contributed by atoms with Gasteiger partial charge in [0.15, 0.2) is 0 Å². The second-order valence-electron chi connectivity index (χ2n) is 34.3. The molecule has 12 aromatic rings. The first-order chi connectivity index (χ1) is 53.5. The SMILES string of the molecule is CCCC(C)(C(C#N)C(C)(C)CC(c1ccc(-c2c3ccccc3c(-c3ccc4ccccc4c3)c3ccccc23)cc1)C(C)(CC)SC(=S)SCC(C)(C#N)C(C)(CC)C(C#N)C(C)(C)CC(c1ccc(-c2c3ccccc3c(-c3cccc4ccccc34)c3ccccc23)cc1)C(C)(CC)SC(=S)SC)C(C)(C)C#N. The first kappa shape index (κ1) is 83.2. The summed E-state index contributed by atoms with van der Waals surface area (Å²) in [6.45, 7) is 33.0. The van der Waals surface area contributed by atoms with Crippen LogP contribution in [0.4, 0.5) is 0 Å². The number of benzene rings is 12. The predicted molar refractivity (Wildman–Crippen MR) is 498 cm³/mol. The van der Waals surface area contributed by atoms with Gasteiger partial charge in [-0.15, -0.1) is 47.0 Å². The highest BCUT2D eigenvalue weighted by Crippen LogP contribution is 2.62. The lowest BCUT2D eigenvalue weighted by molar-refractivity contribution is 0.00515. The Hall–Kier alpha value is -8.26. The van der Waals surface area contributed by atoms with Gasteiger partial charge in [0.25, 0.3) is 0 Å². The van der Waals surface area contributed by atoms with Gasteiger partial charge in [-0.3, -0.25) is 0 Å². The number of thiocarbonyl (C=S) groups is 2. The Morgan fingerprint density at radius 3 is 1.16 bits per heavy atom. The number of thioether (sulfide) groups is 4. The van der Waals surface area contributed by atoms with E-state index in [0.717, 1.165) is 49.4 Å². The molecule has 0 heterocycles. The minimum atomic E-state index is -1.01. The van der Waals surface area contributed by atoms with Crippen molar-refractivity contribution in [1.29, 1.82) is 21.0 Å². The van der Waals surface area contributed by atoms with Gasteiger partial charge in [-0.1, -0.05) is 325 Å². The highest BCUT2D eigenvalue weighted by molar-refractivity contribution is 8.48. The van der Waals surface area contributed by atoms with Crippen LogP contribution in [0.1, 0.15) is 172 Å². The molecule has 0 aliphatic carbocycles. The fourth-order valence-electron chi connectivity index (χ4n) is 19.2. The van der Waals surface area contributed by atoms with E-state index in [1.54, 1.807) is 47.0 Å². The number of hydrogen-bond donors (Lipinski definition) is 0. The van der Waals surface area contributed by atoms with Gasteiger partial charge >= 0.3 is 0 Å². The molecule has 0 aromatic heterocycles. The van der Waals surface area contributed by atoms with Gasteiger partial charge in [-0.05, 0) is 228 Å². The molecule has 0 aliphatic heterocycles. The summed E-state index contributed by atoms with van der Waals surface area (Å²) >= 11 is 19.5. The van der Waals surface area contributed by atoms with Crippen LogP contribution in [0.5, 0.6) is 0 Å². The Bertz CT molecular complexity index is 5590. The normalized spacial score (nSPS) is 16.0. The zero-order chi connectivity index (χ0) is 80.3. The molecule has 10 heteroatoms.